The van der Waals surface area contributed by atoms with E-state index in [-0.39, 0.29) is 17.6 Å². The average molecular weight is 310 g/mol. The number of carbonyl (C=O) groups excluding carboxylic acids is 1. The van der Waals surface area contributed by atoms with Crippen LogP contribution in [0.5, 0.6) is 5.88 Å². The Balaban J connectivity index is 1.65. The van der Waals surface area contributed by atoms with Crippen LogP contribution in [0.25, 0.3) is 0 Å². The molecule has 2 aromatic rings. The van der Waals surface area contributed by atoms with Crippen LogP contribution < -0.4 is 10.3 Å². The van der Waals surface area contributed by atoms with Crippen LogP contribution in [0.1, 0.15) is 22.3 Å². The van der Waals surface area contributed by atoms with Gasteiger partial charge in [0, 0.05) is 43.1 Å². The summed E-state index contributed by atoms with van der Waals surface area (Å²) in [4.78, 5) is 31.8. The first-order chi connectivity index (χ1) is 11.2. The summed E-state index contributed by atoms with van der Waals surface area (Å²) >= 11 is 0. The highest BCUT2D eigenvalue weighted by molar-refractivity contribution is 5.94. The second-order valence-electron chi connectivity index (χ2n) is 5.22. The number of hydrogen-bond acceptors (Lipinski definition) is 5. The number of nitriles is 1. The number of aromatic amines is 1. The Labute approximate surface area is 132 Å². The highest BCUT2D eigenvalue weighted by Gasteiger charge is 2.28. The van der Waals surface area contributed by atoms with Gasteiger partial charge in [0.15, 0.2) is 0 Å². The van der Waals surface area contributed by atoms with Gasteiger partial charge in [-0.05, 0) is 12.1 Å². The van der Waals surface area contributed by atoms with E-state index >= 15 is 0 Å². The van der Waals surface area contributed by atoms with Gasteiger partial charge in [0.05, 0.1) is 18.2 Å². The predicted molar refractivity (Wildman–Crippen MR) is 81.0 cm³/mol. The number of ether oxygens (including phenoxy) is 1. The summed E-state index contributed by atoms with van der Waals surface area (Å²) < 4.78 is 5.73. The van der Waals surface area contributed by atoms with Crippen LogP contribution in [-0.4, -0.2) is 40.0 Å². The first-order valence-electron chi connectivity index (χ1n) is 7.16. The van der Waals surface area contributed by atoms with Crippen LogP contribution in [0.4, 0.5) is 0 Å². The number of rotatable bonds is 3. The summed E-state index contributed by atoms with van der Waals surface area (Å²) in [6.45, 7) is 0.971. The summed E-state index contributed by atoms with van der Waals surface area (Å²) in [5.41, 5.74) is 0.531. The summed E-state index contributed by atoms with van der Waals surface area (Å²) in [6.07, 6.45) is 3.47. The van der Waals surface area contributed by atoms with Crippen molar-refractivity contribution in [3.8, 4) is 11.9 Å². The molecule has 0 bridgehead atoms. The number of aromatic nitrogens is 2. The molecule has 1 aliphatic heterocycles. The van der Waals surface area contributed by atoms with E-state index in [0.29, 0.717) is 36.5 Å². The molecule has 0 spiro atoms. The molecule has 0 saturated carbocycles. The van der Waals surface area contributed by atoms with Gasteiger partial charge in [-0.3, -0.25) is 9.59 Å². The molecule has 0 aliphatic carbocycles. The topological polar surface area (TPSA) is 99.1 Å². The van der Waals surface area contributed by atoms with Crippen LogP contribution in [0, 0.1) is 11.3 Å². The normalized spacial score (nSPS) is 16.8. The summed E-state index contributed by atoms with van der Waals surface area (Å²) in [6, 6.07) is 8.07. The van der Waals surface area contributed by atoms with Crippen molar-refractivity contribution in [2.75, 3.05) is 13.1 Å². The van der Waals surface area contributed by atoms with Crippen LogP contribution >= 0.6 is 0 Å². The number of carbonyl (C=O) groups is 1. The maximum absolute atomic E-state index is 12.4. The van der Waals surface area contributed by atoms with E-state index in [0.717, 1.165) is 0 Å². The van der Waals surface area contributed by atoms with E-state index in [1.807, 2.05) is 6.07 Å². The quantitative estimate of drug-likeness (QED) is 0.909. The van der Waals surface area contributed by atoms with Gasteiger partial charge in [-0.1, -0.05) is 0 Å². The van der Waals surface area contributed by atoms with Crippen molar-refractivity contribution in [1.29, 1.82) is 5.26 Å². The summed E-state index contributed by atoms with van der Waals surface area (Å²) in [5, 5.41) is 8.87. The maximum Gasteiger partial charge on any atom is 0.254 e. The van der Waals surface area contributed by atoms with Gasteiger partial charge in [-0.15, -0.1) is 0 Å². The molecule has 1 aliphatic rings. The third-order valence-corrected chi connectivity index (χ3v) is 3.61. The molecule has 3 heterocycles. The van der Waals surface area contributed by atoms with Crippen LogP contribution in [0.2, 0.25) is 0 Å². The zero-order valence-electron chi connectivity index (χ0n) is 12.2. The minimum Gasteiger partial charge on any atom is -0.472 e. The van der Waals surface area contributed by atoms with Crippen LogP contribution in [0.3, 0.4) is 0 Å². The molecular weight excluding hydrogens is 296 g/mol. The smallest absolute Gasteiger partial charge is 0.254 e. The van der Waals surface area contributed by atoms with Crippen molar-refractivity contribution in [3.63, 3.8) is 0 Å². The maximum atomic E-state index is 12.4. The first-order valence-corrected chi connectivity index (χ1v) is 7.16. The second-order valence-corrected chi connectivity index (χ2v) is 5.22. The van der Waals surface area contributed by atoms with E-state index in [9.17, 15) is 9.59 Å². The third-order valence-electron chi connectivity index (χ3n) is 3.61. The van der Waals surface area contributed by atoms with Gasteiger partial charge >= 0.3 is 0 Å². The van der Waals surface area contributed by atoms with E-state index in [2.05, 4.69) is 9.97 Å². The molecule has 1 N–H and O–H groups in total. The second kappa shape index (κ2) is 6.32. The molecule has 1 atom stereocenters. The lowest BCUT2D eigenvalue weighted by Crippen LogP contribution is -2.31. The molecule has 3 rings (SSSR count). The van der Waals surface area contributed by atoms with Gasteiger partial charge in [-0.25, -0.2) is 4.98 Å². The van der Waals surface area contributed by atoms with Gasteiger partial charge in [0.25, 0.3) is 5.91 Å². The molecule has 0 radical (unpaired) electrons. The Morgan fingerprint density at radius 3 is 3.09 bits per heavy atom. The predicted octanol–water partition coefficient (Wildman–Crippen LogP) is 0.935. The summed E-state index contributed by atoms with van der Waals surface area (Å²) in [5.74, 6) is 0.181. The monoisotopic (exact) mass is 310 g/mol. The number of H-pyrrole nitrogens is 1. The Bertz CT molecular complexity index is 824. The minimum atomic E-state index is -0.305. The fourth-order valence-corrected chi connectivity index (χ4v) is 2.48. The largest absolute Gasteiger partial charge is 0.472 e. The zero-order valence-corrected chi connectivity index (χ0v) is 12.2. The van der Waals surface area contributed by atoms with E-state index < -0.39 is 0 Å². The van der Waals surface area contributed by atoms with Crippen molar-refractivity contribution < 1.29 is 9.53 Å². The molecule has 1 unspecified atom stereocenters. The first kappa shape index (κ1) is 14.8. The van der Waals surface area contributed by atoms with Crippen LogP contribution in [0.15, 0.2) is 41.5 Å². The Hall–Kier alpha value is -3.14. The number of nitrogens with zero attached hydrogens (tertiary/aromatic N) is 3. The van der Waals surface area contributed by atoms with Crippen molar-refractivity contribution in [2.24, 2.45) is 0 Å². The average Bonchev–Trinajstić information content (AvgIpc) is 3.03. The fraction of sp³-hybridized carbons (Fsp3) is 0.250. The Kier molecular flexibility index (Phi) is 4.06. The van der Waals surface area contributed by atoms with Gasteiger partial charge in [0.2, 0.25) is 11.4 Å². The lowest BCUT2D eigenvalue weighted by Gasteiger charge is -2.16. The molecule has 1 amide bonds. The van der Waals surface area contributed by atoms with Gasteiger partial charge in [0.1, 0.15) is 6.10 Å². The zero-order chi connectivity index (χ0) is 16.2. The molecule has 116 valence electrons. The lowest BCUT2D eigenvalue weighted by molar-refractivity contribution is 0.0771. The highest BCUT2D eigenvalue weighted by atomic mass is 16.5. The van der Waals surface area contributed by atoms with Gasteiger partial charge < -0.3 is 14.6 Å². The molecule has 2 aromatic heterocycles. The minimum absolute atomic E-state index is 0.178. The Morgan fingerprint density at radius 1 is 1.43 bits per heavy atom. The lowest BCUT2D eigenvalue weighted by atomic mass is 10.2. The SMILES string of the molecule is N#Cc1ccnc(OC2CCN(C(=O)c3cc[nH]c(=O)c3)C2)c1. The number of pyridine rings is 2. The molecule has 7 nitrogen and oxygen atoms in total. The van der Waals surface area contributed by atoms with Crippen molar-refractivity contribution in [2.45, 2.75) is 12.5 Å². The number of hydrogen-bond donors (Lipinski definition) is 1. The highest BCUT2D eigenvalue weighted by Crippen LogP contribution is 2.18. The van der Waals surface area contributed by atoms with Crippen molar-refractivity contribution in [3.05, 3.63) is 58.1 Å². The molecule has 7 heteroatoms. The standard InChI is InChI=1S/C16H14N4O3/c17-9-11-1-4-19-15(7-11)23-13-3-6-20(10-13)16(22)12-2-5-18-14(21)8-12/h1-2,4-5,7-8,13H,3,6,10H2,(H,18,21). The van der Waals surface area contributed by atoms with Crippen molar-refractivity contribution >= 4 is 5.91 Å². The van der Waals surface area contributed by atoms with E-state index in [4.69, 9.17) is 10.00 Å². The molecule has 1 fully saturated rings. The van der Waals surface area contributed by atoms with Gasteiger partial charge in [-0.2, -0.15) is 5.26 Å². The van der Waals surface area contributed by atoms with Crippen LogP contribution in [-0.2, 0) is 0 Å². The number of likely N-dealkylation sites (tertiary alicyclic amines) is 1. The molecular formula is C16H14N4O3. The van der Waals surface area contributed by atoms with E-state index in [1.54, 1.807) is 23.1 Å². The number of amides is 1. The Morgan fingerprint density at radius 2 is 2.30 bits per heavy atom. The molecule has 0 aromatic carbocycles. The summed E-state index contributed by atoms with van der Waals surface area (Å²) in [7, 11) is 0. The third kappa shape index (κ3) is 3.37. The van der Waals surface area contributed by atoms with E-state index in [1.165, 1.54) is 18.5 Å². The number of nitrogens with one attached hydrogen (secondary N) is 1. The molecule has 1 saturated heterocycles. The fourth-order valence-electron chi connectivity index (χ4n) is 2.48. The molecule has 23 heavy (non-hydrogen) atoms. The van der Waals surface area contributed by atoms with Crippen molar-refractivity contribution in [1.82, 2.24) is 14.9 Å².